The standard InChI is InChI=1S/C19H20BrNO6/c1-24-7-8-26-16-9-12(10-17-13(16)11-18(20)27-17)19(23)21-5-4-14(22)15-3-2-6-25-15/h2-3,6,9-11,14,22H,4-5,7-8H2,1H3,(H,21,23). The molecule has 1 unspecified atom stereocenters. The first-order valence-electron chi connectivity index (χ1n) is 8.43. The van der Waals surface area contributed by atoms with Crippen LogP contribution in [0.25, 0.3) is 11.0 Å². The van der Waals surface area contributed by atoms with Crippen molar-refractivity contribution in [1.82, 2.24) is 5.32 Å². The molecule has 3 aromatic rings. The predicted octanol–water partition coefficient (Wildman–Crippen LogP) is 3.67. The predicted molar refractivity (Wildman–Crippen MR) is 102 cm³/mol. The topological polar surface area (TPSA) is 94.1 Å². The highest BCUT2D eigenvalue weighted by molar-refractivity contribution is 9.10. The highest BCUT2D eigenvalue weighted by Gasteiger charge is 2.16. The lowest BCUT2D eigenvalue weighted by atomic mass is 10.1. The number of hydrogen-bond acceptors (Lipinski definition) is 6. The van der Waals surface area contributed by atoms with Gasteiger partial charge in [-0.25, -0.2) is 0 Å². The first kappa shape index (κ1) is 19.5. The summed E-state index contributed by atoms with van der Waals surface area (Å²) in [6.07, 6.45) is 1.07. The molecule has 144 valence electrons. The maximum absolute atomic E-state index is 12.5. The Bertz CT molecular complexity index is 889. The van der Waals surface area contributed by atoms with Crippen LogP contribution in [0.3, 0.4) is 0 Å². The second-order valence-corrected chi connectivity index (χ2v) is 6.64. The lowest BCUT2D eigenvalue weighted by Gasteiger charge is -2.11. The summed E-state index contributed by atoms with van der Waals surface area (Å²) >= 11 is 3.29. The lowest BCUT2D eigenvalue weighted by Crippen LogP contribution is -2.25. The third kappa shape index (κ3) is 4.91. The van der Waals surface area contributed by atoms with Gasteiger partial charge in [-0.15, -0.1) is 0 Å². The van der Waals surface area contributed by atoms with Crippen LogP contribution in [0.4, 0.5) is 0 Å². The first-order chi connectivity index (χ1) is 13.1. The van der Waals surface area contributed by atoms with Gasteiger partial charge in [0.25, 0.3) is 5.91 Å². The number of carbonyl (C=O) groups is 1. The number of nitrogens with one attached hydrogen (secondary N) is 1. The lowest BCUT2D eigenvalue weighted by molar-refractivity contribution is 0.0935. The van der Waals surface area contributed by atoms with Gasteiger partial charge in [-0.3, -0.25) is 4.79 Å². The summed E-state index contributed by atoms with van der Waals surface area (Å²) in [6.45, 7) is 1.08. The number of rotatable bonds is 9. The summed E-state index contributed by atoms with van der Waals surface area (Å²) < 4.78 is 22.0. The number of benzene rings is 1. The van der Waals surface area contributed by atoms with Crippen LogP contribution in [0.5, 0.6) is 5.75 Å². The molecule has 1 amide bonds. The third-order valence-electron chi connectivity index (χ3n) is 3.95. The quantitative estimate of drug-likeness (QED) is 0.496. The minimum absolute atomic E-state index is 0.285. The largest absolute Gasteiger partial charge is 0.490 e. The number of halogens is 1. The highest BCUT2D eigenvalue weighted by atomic mass is 79.9. The molecule has 1 aromatic carbocycles. The van der Waals surface area contributed by atoms with Gasteiger partial charge in [0.05, 0.1) is 18.3 Å². The average molecular weight is 438 g/mol. The maximum Gasteiger partial charge on any atom is 0.251 e. The maximum atomic E-state index is 12.5. The number of furan rings is 2. The van der Waals surface area contributed by atoms with E-state index in [1.54, 1.807) is 37.4 Å². The van der Waals surface area contributed by atoms with E-state index in [0.29, 0.717) is 53.5 Å². The Morgan fingerprint density at radius 1 is 1.33 bits per heavy atom. The van der Waals surface area contributed by atoms with Crippen LogP contribution in [-0.4, -0.2) is 37.9 Å². The first-order valence-corrected chi connectivity index (χ1v) is 9.22. The van der Waals surface area contributed by atoms with Crippen LogP contribution in [-0.2, 0) is 4.74 Å². The van der Waals surface area contributed by atoms with Gasteiger partial charge < -0.3 is 28.7 Å². The van der Waals surface area contributed by atoms with E-state index in [9.17, 15) is 9.90 Å². The van der Waals surface area contributed by atoms with E-state index in [2.05, 4.69) is 21.2 Å². The number of amides is 1. The van der Waals surface area contributed by atoms with E-state index < -0.39 is 6.10 Å². The van der Waals surface area contributed by atoms with E-state index in [4.69, 9.17) is 18.3 Å². The zero-order valence-electron chi connectivity index (χ0n) is 14.7. The summed E-state index contributed by atoms with van der Waals surface area (Å²) in [6, 6.07) is 8.51. The third-order valence-corrected chi connectivity index (χ3v) is 4.34. The fourth-order valence-corrected chi connectivity index (χ4v) is 3.01. The van der Waals surface area contributed by atoms with Gasteiger partial charge in [0.1, 0.15) is 29.8 Å². The number of aliphatic hydroxyl groups excluding tert-OH is 1. The molecule has 27 heavy (non-hydrogen) atoms. The molecule has 0 saturated carbocycles. The molecule has 8 heteroatoms. The van der Waals surface area contributed by atoms with Crippen molar-refractivity contribution in [3.8, 4) is 5.75 Å². The molecule has 3 rings (SSSR count). The molecular weight excluding hydrogens is 418 g/mol. The van der Waals surface area contributed by atoms with Gasteiger partial charge in [0.15, 0.2) is 4.67 Å². The van der Waals surface area contributed by atoms with E-state index in [1.807, 2.05) is 0 Å². The Morgan fingerprint density at radius 2 is 2.19 bits per heavy atom. The van der Waals surface area contributed by atoms with Gasteiger partial charge >= 0.3 is 0 Å². The zero-order valence-corrected chi connectivity index (χ0v) is 16.3. The second kappa shape index (κ2) is 9.07. The van der Waals surface area contributed by atoms with Gasteiger partial charge in [0, 0.05) is 25.3 Å². The second-order valence-electron chi connectivity index (χ2n) is 5.85. The van der Waals surface area contributed by atoms with Crippen LogP contribution in [0, 0.1) is 0 Å². The van der Waals surface area contributed by atoms with E-state index in [-0.39, 0.29) is 5.91 Å². The highest BCUT2D eigenvalue weighted by Crippen LogP contribution is 2.32. The molecule has 0 saturated heterocycles. The van der Waals surface area contributed by atoms with Gasteiger partial charge in [-0.2, -0.15) is 0 Å². The van der Waals surface area contributed by atoms with Crippen molar-refractivity contribution in [2.24, 2.45) is 0 Å². The Labute approximate surface area is 164 Å². The molecule has 2 N–H and O–H groups in total. The van der Waals surface area contributed by atoms with Crippen LogP contribution >= 0.6 is 15.9 Å². The molecule has 1 atom stereocenters. The Balaban J connectivity index is 1.68. The monoisotopic (exact) mass is 437 g/mol. The summed E-state index contributed by atoms with van der Waals surface area (Å²) in [7, 11) is 1.59. The normalized spacial score (nSPS) is 12.3. The zero-order chi connectivity index (χ0) is 19.2. The van der Waals surface area contributed by atoms with Crippen LogP contribution in [0.15, 0.2) is 50.1 Å². The number of carbonyl (C=O) groups excluding carboxylic acids is 1. The van der Waals surface area contributed by atoms with Crippen molar-refractivity contribution in [3.63, 3.8) is 0 Å². The average Bonchev–Trinajstić information content (AvgIpc) is 3.30. The van der Waals surface area contributed by atoms with E-state index in [0.717, 1.165) is 5.39 Å². The molecule has 0 aliphatic rings. The summed E-state index contributed by atoms with van der Waals surface area (Å²) in [5, 5.41) is 13.6. The van der Waals surface area contributed by atoms with E-state index >= 15 is 0 Å². The minimum atomic E-state index is -0.767. The van der Waals surface area contributed by atoms with Crippen molar-refractivity contribution in [2.45, 2.75) is 12.5 Å². The van der Waals surface area contributed by atoms with Crippen molar-refractivity contribution < 1.29 is 28.2 Å². The molecule has 0 fully saturated rings. The molecule has 2 aromatic heterocycles. The molecular formula is C19H20BrNO6. The number of hydrogen-bond donors (Lipinski definition) is 2. The molecule has 7 nitrogen and oxygen atoms in total. The van der Waals surface area contributed by atoms with E-state index in [1.165, 1.54) is 6.26 Å². The Morgan fingerprint density at radius 3 is 2.93 bits per heavy atom. The van der Waals surface area contributed by atoms with Crippen LogP contribution < -0.4 is 10.1 Å². The molecule has 0 aliphatic carbocycles. The van der Waals surface area contributed by atoms with Gasteiger partial charge in [-0.05, 0) is 46.6 Å². The van der Waals surface area contributed by atoms with Crippen molar-refractivity contribution in [2.75, 3.05) is 26.9 Å². The van der Waals surface area contributed by atoms with Crippen molar-refractivity contribution in [3.05, 3.63) is 52.6 Å². The SMILES string of the molecule is COCCOc1cc(C(=O)NCCC(O)c2ccco2)cc2oc(Br)cc12. The smallest absolute Gasteiger partial charge is 0.251 e. The fraction of sp³-hybridized carbons (Fsp3) is 0.316. The Hall–Kier alpha value is -2.29. The summed E-state index contributed by atoms with van der Waals surface area (Å²) in [5.74, 6) is 0.729. The molecule has 0 radical (unpaired) electrons. The van der Waals surface area contributed by atoms with Gasteiger partial charge in [-0.1, -0.05) is 0 Å². The van der Waals surface area contributed by atoms with Crippen LogP contribution in [0.1, 0.15) is 28.6 Å². The molecule has 2 heterocycles. The molecule has 0 aliphatic heterocycles. The number of fused-ring (bicyclic) bond motifs is 1. The molecule has 0 bridgehead atoms. The minimum Gasteiger partial charge on any atom is -0.490 e. The number of aliphatic hydroxyl groups is 1. The number of ether oxygens (including phenoxy) is 2. The fourth-order valence-electron chi connectivity index (χ4n) is 2.61. The molecule has 0 spiro atoms. The Kier molecular flexibility index (Phi) is 6.54. The van der Waals surface area contributed by atoms with Crippen LogP contribution in [0.2, 0.25) is 0 Å². The van der Waals surface area contributed by atoms with Gasteiger partial charge in [0.2, 0.25) is 0 Å². The van der Waals surface area contributed by atoms with Crippen molar-refractivity contribution >= 4 is 32.8 Å². The summed E-state index contributed by atoms with van der Waals surface area (Å²) in [4.78, 5) is 12.5. The van der Waals surface area contributed by atoms with Crippen molar-refractivity contribution in [1.29, 1.82) is 0 Å². The number of methoxy groups -OCH3 is 1. The summed E-state index contributed by atoms with van der Waals surface area (Å²) in [5.41, 5.74) is 0.946.